The van der Waals surface area contributed by atoms with Gasteiger partial charge in [-0.2, -0.15) is 0 Å². The van der Waals surface area contributed by atoms with E-state index in [1.54, 1.807) is 46.0 Å². The van der Waals surface area contributed by atoms with Crippen molar-refractivity contribution in [2.24, 2.45) is 0 Å². The molecular weight excluding hydrogens is 274 g/mol. The van der Waals surface area contributed by atoms with E-state index in [0.717, 1.165) is 0 Å². The Balaban J connectivity index is 3.23. The quantitative estimate of drug-likeness (QED) is 0.657. The molecule has 0 aliphatic carbocycles. The zero-order valence-electron chi connectivity index (χ0n) is 13.0. The molecule has 0 aromatic heterocycles. The molecule has 0 fully saturated rings. The molecule has 7 nitrogen and oxygen atoms in total. The molecule has 0 spiro atoms. The molecule has 116 valence electrons. The first kappa shape index (κ1) is 16.9. The zero-order chi connectivity index (χ0) is 16.4. The standard InChI is InChI=1S/C14H21N3O4/c1-14(2,19)9-16(5)11-7-6-10(13(18)15(3)4)8-12(11)17(20)21/h6-8,19H,9H2,1-5H3. The number of hydrogen-bond donors (Lipinski definition) is 1. The van der Waals surface area contributed by atoms with Crippen LogP contribution >= 0.6 is 0 Å². The first-order valence-corrected chi connectivity index (χ1v) is 6.46. The highest BCUT2D eigenvalue weighted by Gasteiger charge is 2.24. The van der Waals surface area contributed by atoms with Gasteiger partial charge in [-0.05, 0) is 26.0 Å². The van der Waals surface area contributed by atoms with Gasteiger partial charge in [-0.1, -0.05) is 0 Å². The summed E-state index contributed by atoms with van der Waals surface area (Å²) in [5.74, 6) is -0.296. The first-order valence-electron chi connectivity index (χ1n) is 6.46. The van der Waals surface area contributed by atoms with Crippen molar-refractivity contribution in [3.8, 4) is 0 Å². The second kappa shape index (κ2) is 6.09. The van der Waals surface area contributed by atoms with Gasteiger partial charge < -0.3 is 14.9 Å². The highest BCUT2D eigenvalue weighted by molar-refractivity contribution is 5.95. The third-order valence-electron chi connectivity index (χ3n) is 2.86. The van der Waals surface area contributed by atoms with Crippen LogP contribution in [-0.2, 0) is 0 Å². The van der Waals surface area contributed by atoms with Gasteiger partial charge in [-0.3, -0.25) is 14.9 Å². The fourth-order valence-electron chi connectivity index (χ4n) is 2.05. The normalized spacial score (nSPS) is 11.1. The van der Waals surface area contributed by atoms with Crippen molar-refractivity contribution in [1.29, 1.82) is 0 Å². The van der Waals surface area contributed by atoms with Crippen LogP contribution in [0.15, 0.2) is 18.2 Å². The van der Waals surface area contributed by atoms with Crippen LogP contribution in [0.4, 0.5) is 11.4 Å². The molecule has 0 bridgehead atoms. The van der Waals surface area contributed by atoms with E-state index in [9.17, 15) is 20.0 Å². The number of nitro groups is 1. The lowest BCUT2D eigenvalue weighted by molar-refractivity contribution is -0.384. The van der Waals surface area contributed by atoms with Gasteiger partial charge in [-0.15, -0.1) is 0 Å². The summed E-state index contributed by atoms with van der Waals surface area (Å²) in [4.78, 5) is 25.5. The van der Waals surface area contributed by atoms with Crippen molar-refractivity contribution >= 4 is 17.3 Å². The summed E-state index contributed by atoms with van der Waals surface area (Å²) < 4.78 is 0. The Morgan fingerprint density at radius 2 is 1.90 bits per heavy atom. The van der Waals surface area contributed by atoms with Crippen LogP contribution in [0.1, 0.15) is 24.2 Å². The summed E-state index contributed by atoms with van der Waals surface area (Å²) in [5, 5.41) is 21.1. The second-order valence-electron chi connectivity index (χ2n) is 5.83. The predicted octanol–water partition coefficient (Wildman–Crippen LogP) is 1.50. The summed E-state index contributed by atoms with van der Waals surface area (Å²) >= 11 is 0. The molecule has 0 aliphatic rings. The number of likely N-dealkylation sites (N-methyl/N-ethyl adjacent to an activating group) is 1. The number of carbonyl (C=O) groups excluding carboxylic acids is 1. The second-order valence-corrected chi connectivity index (χ2v) is 5.83. The number of rotatable bonds is 5. The van der Waals surface area contributed by atoms with Gasteiger partial charge in [0.25, 0.3) is 11.6 Å². The zero-order valence-corrected chi connectivity index (χ0v) is 13.0. The minimum Gasteiger partial charge on any atom is -0.389 e. The van der Waals surface area contributed by atoms with Crippen LogP contribution in [0.5, 0.6) is 0 Å². The third kappa shape index (κ3) is 4.42. The minimum atomic E-state index is -0.985. The average molecular weight is 295 g/mol. The molecule has 0 aliphatic heterocycles. The van der Waals surface area contributed by atoms with E-state index in [1.165, 1.54) is 17.0 Å². The van der Waals surface area contributed by atoms with Crippen LogP contribution in [0, 0.1) is 10.1 Å². The van der Waals surface area contributed by atoms with Gasteiger partial charge >= 0.3 is 0 Å². The van der Waals surface area contributed by atoms with Gasteiger partial charge in [0.15, 0.2) is 0 Å². The molecule has 0 heterocycles. The fraction of sp³-hybridized carbons (Fsp3) is 0.500. The van der Waals surface area contributed by atoms with Crippen LogP contribution in [0.2, 0.25) is 0 Å². The molecule has 0 saturated carbocycles. The summed E-state index contributed by atoms with van der Waals surface area (Å²) in [5.41, 5.74) is -0.528. The highest BCUT2D eigenvalue weighted by atomic mass is 16.6. The van der Waals surface area contributed by atoms with E-state index in [4.69, 9.17) is 0 Å². The van der Waals surface area contributed by atoms with E-state index in [0.29, 0.717) is 5.69 Å². The maximum atomic E-state index is 11.9. The van der Waals surface area contributed by atoms with Crippen molar-refractivity contribution in [1.82, 2.24) is 4.90 Å². The third-order valence-corrected chi connectivity index (χ3v) is 2.86. The van der Waals surface area contributed by atoms with E-state index < -0.39 is 10.5 Å². The number of benzene rings is 1. The van der Waals surface area contributed by atoms with Crippen molar-refractivity contribution in [2.45, 2.75) is 19.4 Å². The van der Waals surface area contributed by atoms with Crippen molar-refractivity contribution in [2.75, 3.05) is 32.6 Å². The maximum Gasteiger partial charge on any atom is 0.293 e. The lowest BCUT2D eigenvalue weighted by Crippen LogP contribution is -2.36. The van der Waals surface area contributed by atoms with E-state index in [2.05, 4.69) is 0 Å². The number of aliphatic hydroxyl groups is 1. The summed E-state index contributed by atoms with van der Waals surface area (Å²) in [6.07, 6.45) is 0. The topological polar surface area (TPSA) is 86.9 Å². The molecule has 1 amide bonds. The fourth-order valence-corrected chi connectivity index (χ4v) is 2.05. The Bertz CT molecular complexity index is 550. The van der Waals surface area contributed by atoms with E-state index >= 15 is 0 Å². The number of carbonyl (C=O) groups is 1. The Kier molecular flexibility index (Phi) is 4.90. The van der Waals surface area contributed by atoms with Gasteiger partial charge in [0.1, 0.15) is 5.69 Å². The van der Waals surface area contributed by atoms with E-state index in [1.807, 2.05) is 0 Å². The van der Waals surface area contributed by atoms with Crippen molar-refractivity contribution < 1.29 is 14.8 Å². The molecule has 0 unspecified atom stereocenters. The predicted molar refractivity (Wildman–Crippen MR) is 80.7 cm³/mol. The van der Waals surface area contributed by atoms with Crippen LogP contribution < -0.4 is 4.90 Å². The molecule has 7 heteroatoms. The summed E-state index contributed by atoms with van der Waals surface area (Å²) in [6.45, 7) is 3.48. The van der Waals surface area contributed by atoms with Gasteiger partial charge in [0, 0.05) is 39.3 Å². The molecule has 1 aromatic rings. The number of nitrogens with zero attached hydrogens (tertiary/aromatic N) is 3. The molecule has 0 atom stereocenters. The Hall–Kier alpha value is -2.15. The maximum absolute atomic E-state index is 11.9. The smallest absolute Gasteiger partial charge is 0.293 e. The van der Waals surface area contributed by atoms with Crippen LogP contribution in [0.25, 0.3) is 0 Å². The Morgan fingerprint density at radius 1 is 1.33 bits per heavy atom. The molecular formula is C14H21N3O4. The summed E-state index contributed by atoms with van der Waals surface area (Å²) in [7, 11) is 4.83. The largest absolute Gasteiger partial charge is 0.389 e. The van der Waals surface area contributed by atoms with Crippen molar-refractivity contribution in [3.05, 3.63) is 33.9 Å². The van der Waals surface area contributed by atoms with E-state index in [-0.39, 0.29) is 23.7 Å². The van der Waals surface area contributed by atoms with Gasteiger partial charge in [0.05, 0.1) is 10.5 Å². The lowest BCUT2D eigenvalue weighted by Gasteiger charge is -2.27. The monoisotopic (exact) mass is 295 g/mol. The highest BCUT2D eigenvalue weighted by Crippen LogP contribution is 2.29. The minimum absolute atomic E-state index is 0.158. The Morgan fingerprint density at radius 3 is 2.33 bits per heavy atom. The molecule has 0 saturated heterocycles. The van der Waals surface area contributed by atoms with Crippen LogP contribution in [-0.4, -0.2) is 54.1 Å². The first-order chi connectivity index (χ1) is 9.53. The number of amides is 1. The molecule has 21 heavy (non-hydrogen) atoms. The Labute approximate surface area is 123 Å². The molecule has 1 aromatic carbocycles. The molecule has 1 rings (SSSR count). The number of anilines is 1. The molecule has 1 N–H and O–H groups in total. The summed E-state index contributed by atoms with van der Waals surface area (Å²) in [6, 6.07) is 4.34. The van der Waals surface area contributed by atoms with Gasteiger partial charge in [0.2, 0.25) is 0 Å². The molecule has 0 radical (unpaired) electrons. The average Bonchev–Trinajstić information content (AvgIpc) is 2.34. The van der Waals surface area contributed by atoms with Crippen LogP contribution in [0.3, 0.4) is 0 Å². The number of hydrogen-bond acceptors (Lipinski definition) is 5. The van der Waals surface area contributed by atoms with Gasteiger partial charge in [-0.25, -0.2) is 0 Å². The SMILES string of the molecule is CN(C)C(=O)c1ccc(N(C)CC(C)(C)O)c([N+](=O)[O-])c1. The lowest BCUT2D eigenvalue weighted by atomic mass is 10.1. The van der Waals surface area contributed by atoms with Crippen molar-refractivity contribution in [3.63, 3.8) is 0 Å². The number of nitro benzene ring substituents is 1.